The minimum absolute atomic E-state index is 0.00233. The van der Waals surface area contributed by atoms with Gasteiger partial charge in [-0.25, -0.2) is 0 Å². The van der Waals surface area contributed by atoms with Gasteiger partial charge in [-0.1, -0.05) is 48.5 Å². The molecule has 3 atom stereocenters. The molecule has 3 nitrogen and oxygen atoms in total. The highest BCUT2D eigenvalue weighted by Gasteiger charge is 2.48. The Morgan fingerprint density at radius 3 is 2.41 bits per heavy atom. The van der Waals surface area contributed by atoms with Crippen molar-refractivity contribution in [2.75, 3.05) is 6.61 Å². The van der Waals surface area contributed by atoms with Crippen LogP contribution in [0.15, 0.2) is 65.6 Å². The number of fused-ring (bicyclic) bond motifs is 1. The normalized spacial score (nSPS) is 27.2. The fourth-order valence-electron chi connectivity index (χ4n) is 3.18. The maximum atomic E-state index is 12.8. The zero-order chi connectivity index (χ0) is 14.9. The van der Waals surface area contributed by atoms with Gasteiger partial charge in [0, 0.05) is 10.5 Å². The lowest BCUT2D eigenvalue weighted by Crippen LogP contribution is -2.32. The van der Waals surface area contributed by atoms with E-state index in [1.165, 1.54) is 0 Å². The van der Waals surface area contributed by atoms with Gasteiger partial charge < -0.3 is 9.64 Å². The van der Waals surface area contributed by atoms with Crippen LogP contribution in [0, 0.1) is 0 Å². The molecule has 0 bridgehead atoms. The van der Waals surface area contributed by atoms with Crippen LogP contribution in [-0.4, -0.2) is 28.7 Å². The van der Waals surface area contributed by atoms with Crippen LogP contribution in [0.1, 0.15) is 18.2 Å². The molecule has 4 heteroatoms. The van der Waals surface area contributed by atoms with Crippen molar-refractivity contribution in [1.82, 2.24) is 4.90 Å². The number of rotatable bonds is 3. The van der Waals surface area contributed by atoms with Crippen molar-refractivity contribution in [3.63, 3.8) is 0 Å². The summed E-state index contributed by atoms with van der Waals surface area (Å²) in [4.78, 5) is 15.9. The number of nitrogens with zero attached hydrogens (tertiary/aromatic N) is 1. The monoisotopic (exact) mass is 311 g/mol. The van der Waals surface area contributed by atoms with Crippen molar-refractivity contribution in [2.24, 2.45) is 0 Å². The van der Waals surface area contributed by atoms with E-state index >= 15 is 0 Å². The van der Waals surface area contributed by atoms with Gasteiger partial charge in [0.05, 0.1) is 17.9 Å². The summed E-state index contributed by atoms with van der Waals surface area (Å²) >= 11 is 1.67. The molecule has 0 N–H and O–H groups in total. The molecule has 4 rings (SSSR count). The SMILES string of the molecule is O=C1C(Sc2ccccc2)C[C@@H]2CO[C@@H](c3ccccc3)N12. The molecule has 2 aromatic rings. The summed E-state index contributed by atoms with van der Waals surface area (Å²) < 4.78 is 5.87. The summed E-state index contributed by atoms with van der Waals surface area (Å²) in [5, 5.41) is 0.00233. The highest BCUT2D eigenvalue weighted by Crippen LogP contribution is 2.42. The quantitative estimate of drug-likeness (QED) is 0.869. The van der Waals surface area contributed by atoms with E-state index in [1.807, 2.05) is 53.4 Å². The molecule has 2 aliphatic rings. The molecule has 0 aromatic heterocycles. The molecule has 22 heavy (non-hydrogen) atoms. The van der Waals surface area contributed by atoms with Gasteiger partial charge in [-0.05, 0) is 18.6 Å². The second kappa shape index (κ2) is 5.78. The van der Waals surface area contributed by atoms with Crippen molar-refractivity contribution in [3.8, 4) is 0 Å². The molecule has 1 unspecified atom stereocenters. The lowest BCUT2D eigenvalue weighted by molar-refractivity contribution is -0.133. The Kier molecular flexibility index (Phi) is 3.64. The first-order valence-corrected chi connectivity index (χ1v) is 8.41. The molecule has 1 amide bonds. The number of ether oxygens (including phenoxy) is 1. The Morgan fingerprint density at radius 1 is 1.00 bits per heavy atom. The third-order valence-electron chi connectivity index (χ3n) is 4.21. The van der Waals surface area contributed by atoms with E-state index in [4.69, 9.17) is 4.74 Å². The molecule has 2 aliphatic heterocycles. The van der Waals surface area contributed by atoms with E-state index in [0.29, 0.717) is 6.61 Å². The van der Waals surface area contributed by atoms with Gasteiger partial charge in [-0.15, -0.1) is 11.8 Å². The lowest BCUT2D eigenvalue weighted by Gasteiger charge is -2.23. The highest BCUT2D eigenvalue weighted by molar-refractivity contribution is 8.00. The van der Waals surface area contributed by atoms with Crippen LogP contribution in [0.2, 0.25) is 0 Å². The molecule has 0 saturated carbocycles. The average Bonchev–Trinajstić information content (AvgIpc) is 3.11. The second-order valence-corrected chi connectivity index (χ2v) is 6.93. The van der Waals surface area contributed by atoms with Crippen LogP contribution in [0.4, 0.5) is 0 Å². The van der Waals surface area contributed by atoms with E-state index in [-0.39, 0.29) is 23.4 Å². The zero-order valence-corrected chi connectivity index (χ0v) is 12.9. The number of thioether (sulfide) groups is 1. The molecule has 0 spiro atoms. The van der Waals surface area contributed by atoms with Crippen molar-refractivity contribution in [2.45, 2.75) is 28.8 Å². The van der Waals surface area contributed by atoms with Crippen LogP contribution in [0.25, 0.3) is 0 Å². The van der Waals surface area contributed by atoms with E-state index in [0.717, 1.165) is 16.9 Å². The number of carbonyl (C=O) groups excluding carboxylic acids is 1. The largest absolute Gasteiger partial charge is 0.352 e. The Balaban J connectivity index is 1.54. The third kappa shape index (κ3) is 2.42. The predicted octanol–water partition coefficient (Wildman–Crippen LogP) is 3.48. The minimum Gasteiger partial charge on any atom is -0.352 e. The summed E-state index contributed by atoms with van der Waals surface area (Å²) in [5.41, 5.74) is 1.06. The number of amides is 1. The summed E-state index contributed by atoms with van der Waals surface area (Å²) in [6, 6.07) is 20.4. The Labute approximate surface area is 134 Å². The summed E-state index contributed by atoms with van der Waals surface area (Å²) in [6.45, 7) is 0.636. The number of benzene rings is 2. The maximum Gasteiger partial charge on any atom is 0.238 e. The minimum atomic E-state index is -0.222. The topological polar surface area (TPSA) is 29.5 Å². The van der Waals surface area contributed by atoms with E-state index in [1.54, 1.807) is 11.8 Å². The lowest BCUT2D eigenvalue weighted by atomic mass is 10.2. The number of carbonyl (C=O) groups is 1. The average molecular weight is 311 g/mol. The first-order chi connectivity index (χ1) is 10.8. The fourth-order valence-corrected chi connectivity index (χ4v) is 4.37. The predicted molar refractivity (Wildman–Crippen MR) is 86.5 cm³/mol. The Morgan fingerprint density at radius 2 is 1.68 bits per heavy atom. The molecule has 2 aromatic carbocycles. The van der Waals surface area contributed by atoms with Gasteiger partial charge in [-0.2, -0.15) is 0 Å². The first-order valence-electron chi connectivity index (χ1n) is 7.53. The molecule has 0 aliphatic carbocycles. The zero-order valence-electron chi connectivity index (χ0n) is 12.1. The standard InChI is InChI=1S/C18H17NO2S/c20-17-16(22-15-9-5-2-6-10-15)11-14-12-21-18(19(14)17)13-7-3-1-4-8-13/h1-10,14,16,18H,11-12H2/t14-,16?,18+/m1/s1. The van der Waals surface area contributed by atoms with Gasteiger partial charge in [0.2, 0.25) is 5.91 Å². The van der Waals surface area contributed by atoms with Crippen LogP contribution in [-0.2, 0) is 9.53 Å². The summed E-state index contributed by atoms with van der Waals surface area (Å²) in [5.74, 6) is 0.199. The van der Waals surface area contributed by atoms with Gasteiger partial charge >= 0.3 is 0 Å². The van der Waals surface area contributed by atoms with E-state index < -0.39 is 0 Å². The van der Waals surface area contributed by atoms with Crippen molar-refractivity contribution in [3.05, 3.63) is 66.2 Å². The summed E-state index contributed by atoms with van der Waals surface area (Å²) in [7, 11) is 0. The van der Waals surface area contributed by atoms with Gasteiger partial charge in [0.1, 0.15) is 0 Å². The van der Waals surface area contributed by atoms with Crippen LogP contribution < -0.4 is 0 Å². The second-order valence-electron chi connectivity index (χ2n) is 5.65. The fraction of sp³-hybridized carbons (Fsp3) is 0.278. The molecule has 2 heterocycles. The van der Waals surface area contributed by atoms with Crippen molar-refractivity contribution in [1.29, 1.82) is 0 Å². The van der Waals surface area contributed by atoms with Crippen molar-refractivity contribution < 1.29 is 9.53 Å². The van der Waals surface area contributed by atoms with Crippen LogP contribution in [0.3, 0.4) is 0 Å². The number of hydrogen-bond donors (Lipinski definition) is 0. The highest BCUT2D eigenvalue weighted by atomic mass is 32.2. The third-order valence-corrected chi connectivity index (χ3v) is 5.44. The molecule has 112 valence electrons. The van der Waals surface area contributed by atoms with Gasteiger partial charge in [0.25, 0.3) is 0 Å². The van der Waals surface area contributed by atoms with Gasteiger partial charge in [0.15, 0.2) is 6.23 Å². The van der Waals surface area contributed by atoms with Gasteiger partial charge in [-0.3, -0.25) is 4.79 Å². The van der Waals surface area contributed by atoms with E-state index in [9.17, 15) is 4.79 Å². The van der Waals surface area contributed by atoms with E-state index in [2.05, 4.69) is 12.1 Å². The Bertz CT molecular complexity index is 661. The van der Waals surface area contributed by atoms with Crippen molar-refractivity contribution >= 4 is 17.7 Å². The first kappa shape index (κ1) is 13.9. The smallest absolute Gasteiger partial charge is 0.238 e. The van der Waals surface area contributed by atoms with Crippen LogP contribution in [0.5, 0.6) is 0 Å². The maximum absolute atomic E-state index is 12.8. The summed E-state index contributed by atoms with van der Waals surface area (Å²) in [6.07, 6.45) is 0.641. The molecule has 2 fully saturated rings. The Hall–Kier alpha value is -1.78. The molecular formula is C18H17NO2S. The molecular weight excluding hydrogens is 294 g/mol. The molecule has 2 saturated heterocycles. The molecule has 0 radical (unpaired) electrons. The van der Waals surface area contributed by atoms with Crippen LogP contribution >= 0.6 is 11.8 Å². The number of hydrogen-bond acceptors (Lipinski definition) is 3.